The first-order chi connectivity index (χ1) is 15.4. The first-order valence-corrected chi connectivity index (χ1v) is 10.4. The molecule has 4 N–H and O–H groups in total. The fourth-order valence-electron chi connectivity index (χ4n) is 3.28. The number of hydrogen-bond donors (Lipinski definition) is 3. The molecule has 3 rings (SSSR count). The van der Waals surface area contributed by atoms with Crippen LogP contribution >= 0.6 is 11.8 Å². The number of nitriles is 1. The molecule has 164 valence electrons. The molecule has 32 heavy (non-hydrogen) atoms. The minimum Gasteiger partial charge on any atom is -0.468 e. The molecule has 2 heterocycles. The van der Waals surface area contributed by atoms with Crippen LogP contribution in [-0.2, 0) is 14.3 Å². The number of nitrogens with one attached hydrogen (secondary N) is 2. The van der Waals surface area contributed by atoms with Crippen molar-refractivity contribution in [3.05, 3.63) is 75.9 Å². The van der Waals surface area contributed by atoms with E-state index in [2.05, 4.69) is 16.7 Å². The van der Waals surface area contributed by atoms with Crippen LogP contribution in [0.25, 0.3) is 0 Å². The standard InChI is InChI=1S/C22H20N4O5S/c1-12-18(20(28)26-15-7-4-3-6-13(15)22(29)30-2)19(16-8-5-9-31-16)14(10-23)21(25-12)32-11-17(24)27/h3-9,19,25H,11H2,1-2H3,(H2,24,27)(H,26,28)/t19-/m1/s1. The fourth-order valence-corrected chi connectivity index (χ4v) is 4.11. The first kappa shape index (κ1) is 22.7. The number of esters is 1. The molecule has 10 heteroatoms. The summed E-state index contributed by atoms with van der Waals surface area (Å²) in [5, 5.41) is 16.1. The number of para-hydroxylation sites is 1. The summed E-state index contributed by atoms with van der Waals surface area (Å²) in [5.74, 6) is -2.15. The van der Waals surface area contributed by atoms with Crippen molar-refractivity contribution in [2.75, 3.05) is 18.2 Å². The molecule has 0 spiro atoms. The Labute approximate surface area is 188 Å². The molecule has 2 amide bonds. The molecule has 0 saturated heterocycles. The molecule has 0 bridgehead atoms. The maximum atomic E-state index is 13.4. The maximum Gasteiger partial charge on any atom is 0.339 e. The average molecular weight is 452 g/mol. The summed E-state index contributed by atoms with van der Waals surface area (Å²) in [6, 6.07) is 11.9. The molecule has 0 fully saturated rings. The predicted octanol–water partition coefficient (Wildman–Crippen LogP) is 2.62. The van der Waals surface area contributed by atoms with Gasteiger partial charge in [0.2, 0.25) is 5.91 Å². The van der Waals surface area contributed by atoms with E-state index < -0.39 is 23.7 Å². The maximum absolute atomic E-state index is 13.4. The van der Waals surface area contributed by atoms with Crippen molar-refractivity contribution in [2.24, 2.45) is 5.73 Å². The van der Waals surface area contributed by atoms with Crippen molar-refractivity contribution >= 4 is 35.2 Å². The van der Waals surface area contributed by atoms with Gasteiger partial charge in [-0.05, 0) is 31.2 Å². The summed E-state index contributed by atoms with van der Waals surface area (Å²) in [5.41, 5.74) is 6.61. The third-order valence-electron chi connectivity index (χ3n) is 4.66. The molecule has 0 aliphatic carbocycles. The van der Waals surface area contributed by atoms with Crippen LogP contribution in [0.1, 0.15) is 29.0 Å². The second kappa shape index (κ2) is 9.89. The molecule has 1 aromatic heterocycles. The number of anilines is 1. The van der Waals surface area contributed by atoms with E-state index in [1.54, 1.807) is 37.3 Å². The van der Waals surface area contributed by atoms with E-state index in [9.17, 15) is 19.6 Å². The molecular formula is C22H20N4O5S. The van der Waals surface area contributed by atoms with Crippen LogP contribution in [0.2, 0.25) is 0 Å². The lowest BCUT2D eigenvalue weighted by Crippen LogP contribution is -2.31. The smallest absolute Gasteiger partial charge is 0.339 e. The van der Waals surface area contributed by atoms with E-state index in [0.29, 0.717) is 16.5 Å². The lowest BCUT2D eigenvalue weighted by atomic mass is 9.85. The molecule has 1 aliphatic heterocycles. The van der Waals surface area contributed by atoms with Crippen LogP contribution in [0.4, 0.5) is 5.69 Å². The number of thioether (sulfide) groups is 1. The van der Waals surface area contributed by atoms with E-state index >= 15 is 0 Å². The predicted molar refractivity (Wildman–Crippen MR) is 118 cm³/mol. The lowest BCUT2D eigenvalue weighted by molar-refractivity contribution is -0.115. The fraction of sp³-hybridized carbons (Fsp3) is 0.182. The Morgan fingerprint density at radius 3 is 2.66 bits per heavy atom. The highest BCUT2D eigenvalue weighted by molar-refractivity contribution is 8.03. The summed E-state index contributed by atoms with van der Waals surface area (Å²) < 4.78 is 10.3. The number of hydrogen-bond acceptors (Lipinski definition) is 8. The van der Waals surface area contributed by atoms with E-state index in [-0.39, 0.29) is 28.1 Å². The molecule has 0 radical (unpaired) electrons. The quantitative estimate of drug-likeness (QED) is 0.543. The van der Waals surface area contributed by atoms with Gasteiger partial charge in [0.25, 0.3) is 5.91 Å². The van der Waals surface area contributed by atoms with Gasteiger partial charge >= 0.3 is 5.97 Å². The summed E-state index contributed by atoms with van der Waals surface area (Å²) in [6.45, 7) is 1.68. The Bertz CT molecular complexity index is 1160. The molecule has 0 saturated carbocycles. The number of carbonyl (C=O) groups excluding carboxylic acids is 3. The lowest BCUT2D eigenvalue weighted by Gasteiger charge is -2.28. The van der Waals surface area contributed by atoms with Gasteiger partial charge in [-0.15, -0.1) is 0 Å². The van der Waals surface area contributed by atoms with Crippen molar-refractivity contribution in [2.45, 2.75) is 12.8 Å². The van der Waals surface area contributed by atoms with Gasteiger partial charge < -0.3 is 25.5 Å². The topological polar surface area (TPSA) is 147 Å². The molecule has 9 nitrogen and oxygen atoms in total. The number of ether oxygens (including phenoxy) is 1. The number of rotatable bonds is 7. The normalized spacial score (nSPS) is 15.6. The van der Waals surface area contributed by atoms with E-state index in [0.717, 1.165) is 11.8 Å². The molecule has 1 atom stereocenters. The van der Waals surface area contributed by atoms with Crippen LogP contribution in [-0.4, -0.2) is 30.6 Å². The second-order valence-electron chi connectivity index (χ2n) is 6.71. The molecule has 1 aromatic carbocycles. The van der Waals surface area contributed by atoms with Crippen LogP contribution in [0.5, 0.6) is 0 Å². The van der Waals surface area contributed by atoms with Crippen molar-refractivity contribution in [3.8, 4) is 6.07 Å². The second-order valence-corrected chi connectivity index (χ2v) is 7.70. The van der Waals surface area contributed by atoms with Crippen LogP contribution in [0.3, 0.4) is 0 Å². The highest BCUT2D eigenvalue weighted by Gasteiger charge is 2.36. The van der Waals surface area contributed by atoms with Gasteiger partial charge in [0.05, 0.1) is 58.5 Å². The Kier molecular flexibility index (Phi) is 7.02. The van der Waals surface area contributed by atoms with Gasteiger partial charge in [-0.2, -0.15) is 5.26 Å². The number of furan rings is 1. The van der Waals surface area contributed by atoms with E-state index in [1.165, 1.54) is 19.4 Å². The number of allylic oxidation sites excluding steroid dienone is 2. The van der Waals surface area contributed by atoms with Gasteiger partial charge in [-0.25, -0.2) is 4.79 Å². The van der Waals surface area contributed by atoms with Crippen molar-refractivity contribution in [1.29, 1.82) is 5.26 Å². The Morgan fingerprint density at radius 2 is 2.03 bits per heavy atom. The Hall–Kier alpha value is -3.97. The first-order valence-electron chi connectivity index (χ1n) is 9.42. The number of primary amides is 1. The third-order valence-corrected chi connectivity index (χ3v) is 5.70. The summed E-state index contributed by atoms with van der Waals surface area (Å²) in [6.07, 6.45) is 1.44. The van der Waals surface area contributed by atoms with E-state index in [4.69, 9.17) is 14.9 Å². The van der Waals surface area contributed by atoms with Crippen LogP contribution in [0, 0.1) is 11.3 Å². The van der Waals surface area contributed by atoms with Gasteiger partial charge in [0.1, 0.15) is 5.76 Å². The summed E-state index contributed by atoms with van der Waals surface area (Å²) in [4.78, 5) is 36.7. The Balaban J connectivity index is 2.02. The monoisotopic (exact) mass is 452 g/mol. The number of carbonyl (C=O) groups is 3. The highest BCUT2D eigenvalue weighted by Crippen LogP contribution is 2.41. The minimum absolute atomic E-state index is 0.0420. The zero-order valence-electron chi connectivity index (χ0n) is 17.3. The Morgan fingerprint density at radius 1 is 1.28 bits per heavy atom. The zero-order valence-corrected chi connectivity index (χ0v) is 18.1. The van der Waals surface area contributed by atoms with Crippen LogP contribution < -0.4 is 16.4 Å². The van der Waals surface area contributed by atoms with Crippen molar-refractivity contribution in [1.82, 2.24) is 5.32 Å². The average Bonchev–Trinajstić information content (AvgIpc) is 3.31. The minimum atomic E-state index is -0.822. The highest BCUT2D eigenvalue weighted by atomic mass is 32.2. The third kappa shape index (κ3) is 4.68. The number of nitrogens with zero attached hydrogens (tertiary/aromatic N) is 1. The molecule has 0 unspecified atom stereocenters. The van der Waals surface area contributed by atoms with Crippen molar-refractivity contribution < 1.29 is 23.5 Å². The molecule has 1 aliphatic rings. The van der Waals surface area contributed by atoms with Gasteiger partial charge in [0, 0.05) is 5.70 Å². The number of nitrogens with two attached hydrogens (primary N) is 1. The molecular weight excluding hydrogens is 432 g/mol. The van der Waals surface area contributed by atoms with Gasteiger partial charge in [-0.1, -0.05) is 23.9 Å². The number of benzene rings is 1. The summed E-state index contributed by atoms with van der Waals surface area (Å²) >= 11 is 1.07. The van der Waals surface area contributed by atoms with E-state index in [1.807, 2.05) is 0 Å². The zero-order chi connectivity index (χ0) is 23.3. The van der Waals surface area contributed by atoms with Crippen LogP contribution in [0.15, 0.2) is 69.0 Å². The van der Waals surface area contributed by atoms with Gasteiger partial charge in [-0.3, -0.25) is 9.59 Å². The summed E-state index contributed by atoms with van der Waals surface area (Å²) in [7, 11) is 1.25. The van der Waals surface area contributed by atoms with Crippen molar-refractivity contribution in [3.63, 3.8) is 0 Å². The molecule has 2 aromatic rings. The SMILES string of the molecule is COC(=O)c1ccccc1NC(=O)C1=C(C)NC(SCC(N)=O)=C(C#N)[C@@H]1c1ccco1. The number of methoxy groups -OCH3 is 1. The number of amides is 2. The number of dihydropyridines is 1. The van der Waals surface area contributed by atoms with Gasteiger partial charge in [0.15, 0.2) is 0 Å². The largest absolute Gasteiger partial charge is 0.468 e.